The number of carbonyl (C=O) groups is 1. The lowest BCUT2D eigenvalue weighted by Crippen LogP contribution is -2.53. The molecule has 146 valence electrons. The summed E-state index contributed by atoms with van der Waals surface area (Å²) in [4.78, 5) is 20.5. The Kier molecular flexibility index (Phi) is 7.91. The summed E-state index contributed by atoms with van der Waals surface area (Å²) < 4.78 is 7.24. The summed E-state index contributed by atoms with van der Waals surface area (Å²) >= 11 is 0. The minimum atomic E-state index is -0.233. The summed E-state index contributed by atoms with van der Waals surface area (Å²) in [6, 6.07) is 0. The number of guanidine groups is 1. The molecule has 3 heterocycles. The van der Waals surface area contributed by atoms with Gasteiger partial charge in [0.25, 0.3) is 0 Å². The van der Waals surface area contributed by atoms with Gasteiger partial charge in [-0.25, -0.2) is 9.79 Å². The number of aryl methyl sites for hydroxylation is 1. The maximum Gasteiger partial charge on any atom is 0.409 e. The fourth-order valence-electron chi connectivity index (χ4n) is 3.21. The number of ether oxygens (including phenoxy) is 1. The Morgan fingerprint density at radius 3 is 2.58 bits per heavy atom. The lowest BCUT2D eigenvalue weighted by atomic mass is 10.3. The second-order valence-corrected chi connectivity index (χ2v) is 6.13. The molecule has 1 aromatic rings. The standard InChI is InChI=1S/C16H27N7O2.HI/c1-3-17-15(18-12-14-20-19-13-6-5-7-23(13)14)21-8-10-22(11-9-21)16(24)25-4-2;/h3-12H2,1-2H3,(H,17,18);1H. The molecule has 2 aliphatic rings. The fraction of sp³-hybridized carbons (Fsp3) is 0.750. The number of nitrogens with zero attached hydrogens (tertiary/aromatic N) is 6. The molecule has 1 aromatic heterocycles. The van der Waals surface area contributed by atoms with Crippen LogP contribution in [-0.2, 0) is 24.2 Å². The number of hydrogen-bond acceptors (Lipinski definition) is 5. The number of aromatic nitrogens is 3. The summed E-state index contributed by atoms with van der Waals surface area (Å²) in [6.45, 7) is 9.36. The van der Waals surface area contributed by atoms with Crippen LogP contribution >= 0.6 is 24.0 Å². The van der Waals surface area contributed by atoms with Crippen molar-refractivity contribution in [3.8, 4) is 0 Å². The molecule has 0 saturated carbocycles. The van der Waals surface area contributed by atoms with Crippen molar-refractivity contribution < 1.29 is 9.53 Å². The molecule has 0 radical (unpaired) electrons. The average molecular weight is 477 g/mol. The van der Waals surface area contributed by atoms with Crippen LogP contribution in [0.25, 0.3) is 0 Å². The summed E-state index contributed by atoms with van der Waals surface area (Å²) in [5.41, 5.74) is 0. The SMILES string of the molecule is CCNC(=NCc1nnc2n1CCC2)N1CCN(C(=O)OCC)CC1.I. The van der Waals surface area contributed by atoms with E-state index in [4.69, 9.17) is 9.73 Å². The van der Waals surface area contributed by atoms with E-state index in [0.717, 1.165) is 56.6 Å². The van der Waals surface area contributed by atoms with Gasteiger partial charge in [0.2, 0.25) is 0 Å². The zero-order chi connectivity index (χ0) is 17.6. The van der Waals surface area contributed by atoms with Crippen LogP contribution in [0.4, 0.5) is 4.79 Å². The fourth-order valence-corrected chi connectivity index (χ4v) is 3.21. The van der Waals surface area contributed by atoms with Crippen molar-refractivity contribution in [2.24, 2.45) is 4.99 Å². The van der Waals surface area contributed by atoms with Crippen molar-refractivity contribution in [1.82, 2.24) is 29.9 Å². The highest BCUT2D eigenvalue weighted by Gasteiger charge is 2.24. The zero-order valence-corrected chi connectivity index (χ0v) is 17.8. The van der Waals surface area contributed by atoms with Gasteiger partial charge in [-0.3, -0.25) is 0 Å². The van der Waals surface area contributed by atoms with Crippen molar-refractivity contribution in [3.63, 3.8) is 0 Å². The van der Waals surface area contributed by atoms with Gasteiger partial charge in [0.05, 0.1) is 6.61 Å². The van der Waals surface area contributed by atoms with Crippen LogP contribution in [0.5, 0.6) is 0 Å². The van der Waals surface area contributed by atoms with E-state index in [1.807, 2.05) is 6.92 Å². The predicted molar refractivity (Wildman–Crippen MR) is 109 cm³/mol. The third kappa shape index (κ3) is 4.77. The van der Waals surface area contributed by atoms with Crippen LogP contribution in [-0.4, -0.2) is 75.9 Å². The minimum Gasteiger partial charge on any atom is -0.450 e. The molecule has 0 bridgehead atoms. The van der Waals surface area contributed by atoms with Gasteiger partial charge < -0.3 is 24.4 Å². The van der Waals surface area contributed by atoms with Crippen molar-refractivity contribution in [2.75, 3.05) is 39.3 Å². The van der Waals surface area contributed by atoms with E-state index >= 15 is 0 Å². The number of amides is 1. The number of carbonyl (C=O) groups excluding carboxylic acids is 1. The van der Waals surface area contributed by atoms with Gasteiger partial charge in [-0.05, 0) is 20.3 Å². The predicted octanol–water partition coefficient (Wildman–Crippen LogP) is 1.08. The largest absolute Gasteiger partial charge is 0.450 e. The lowest BCUT2D eigenvalue weighted by Gasteiger charge is -2.35. The number of aliphatic imine (C=N–C) groups is 1. The first-order valence-electron chi connectivity index (χ1n) is 9.08. The monoisotopic (exact) mass is 477 g/mol. The smallest absolute Gasteiger partial charge is 0.409 e. The van der Waals surface area contributed by atoms with E-state index < -0.39 is 0 Å². The Morgan fingerprint density at radius 1 is 1.15 bits per heavy atom. The van der Waals surface area contributed by atoms with Crippen LogP contribution in [0.3, 0.4) is 0 Å². The van der Waals surface area contributed by atoms with Crippen LogP contribution < -0.4 is 5.32 Å². The van der Waals surface area contributed by atoms with Crippen LogP contribution in [0.1, 0.15) is 31.9 Å². The highest BCUT2D eigenvalue weighted by atomic mass is 127. The van der Waals surface area contributed by atoms with Crippen molar-refractivity contribution in [2.45, 2.75) is 39.8 Å². The number of piperazine rings is 1. The Labute approximate surface area is 171 Å². The first kappa shape index (κ1) is 20.7. The third-order valence-electron chi connectivity index (χ3n) is 4.50. The zero-order valence-electron chi connectivity index (χ0n) is 15.5. The third-order valence-corrected chi connectivity index (χ3v) is 4.50. The molecule has 1 amide bonds. The molecule has 0 unspecified atom stereocenters. The molecule has 1 fully saturated rings. The summed E-state index contributed by atoms with van der Waals surface area (Å²) in [6.07, 6.45) is 1.91. The molecular weight excluding hydrogens is 449 g/mol. The number of hydrogen-bond donors (Lipinski definition) is 1. The second-order valence-electron chi connectivity index (χ2n) is 6.13. The molecule has 0 aliphatic carbocycles. The molecule has 9 nitrogen and oxygen atoms in total. The number of nitrogens with one attached hydrogen (secondary N) is 1. The Balaban J connectivity index is 0.00000243. The second kappa shape index (κ2) is 9.93. The molecule has 26 heavy (non-hydrogen) atoms. The molecule has 3 rings (SSSR count). The topological polar surface area (TPSA) is 87.9 Å². The lowest BCUT2D eigenvalue weighted by molar-refractivity contribution is 0.0914. The number of halogens is 1. The van der Waals surface area contributed by atoms with Gasteiger partial charge in [0, 0.05) is 45.7 Å². The van der Waals surface area contributed by atoms with E-state index in [1.54, 1.807) is 4.90 Å². The summed E-state index contributed by atoms with van der Waals surface area (Å²) in [7, 11) is 0. The highest BCUT2D eigenvalue weighted by molar-refractivity contribution is 14.0. The molecule has 10 heteroatoms. The molecule has 0 atom stereocenters. The van der Waals surface area contributed by atoms with E-state index in [1.165, 1.54) is 0 Å². The van der Waals surface area contributed by atoms with E-state index in [2.05, 4.69) is 31.9 Å². The maximum atomic E-state index is 11.8. The maximum absolute atomic E-state index is 11.8. The minimum absolute atomic E-state index is 0. The number of rotatable bonds is 4. The Hall–Kier alpha value is -1.59. The van der Waals surface area contributed by atoms with E-state index in [-0.39, 0.29) is 30.1 Å². The average Bonchev–Trinajstić information content (AvgIpc) is 3.23. The van der Waals surface area contributed by atoms with Crippen LogP contribution in [0, 0.1) is 0 Å². The first-order chi connectivity index (χ1) is 12.2. The summed E-state index contributed by atoms with van der Waals surface area (Å²) in [5, 5.41) is 11.8. The van der Waals surface area contributed by atoms with Gasteiger partial charge in [-0.1, -0.05) is 0 Å². The van der Waals surface area contributed by atoms with Gasteiger partial charge in [-0.2, -0.15) is 0 Å². The van der Waals surface area contributed by atoms with Gasteiger partial charge in [0.1, 0.15) is 12.4 Å². The Morgan fingerprint density at radius 2 is 1.88 bits per heavy atom. The molecule has 0 spiro atoms. The van der Waals surface area contributed by atoms with Crippen molar-refractivity contribution in [1.29, 1.82) is 0 Å². The molecule has 1 saturated heterocycles. The number of fused-ring (bicyclic) bond motifs is 1. The molecule has 0 aromatic carbocycles. The van der Waals surface area contributed by atoms with E-state index in [0.29, 0.717) is 26.2 Å². The Bertz CT molecular complexity index is 626. The highest BCUT2D eigenvalue weighted by Crippen LogP contribution is 2.14. The molecule has 1 N–H and O–H groups in total. The first-order valence-corrected chi connectivity index (χ1v) is 9.08. The van der Waals surface area contributed by atoms with Gasteiger partial charge >= 0.3 is 6.09 Å². The van der Waals surface area contributed by atoms with Crippen LogP contribution in [0.15, 0.2) is 4.99 Å². The summed E-state index contributed by atoms with van der Waals surface area (Å²) in [5.74, 6) is 2.85. The normalized spacial score (nSPS) is 16.9. The van der Waals surface area contributed by atoms with Crippen molar-refractivity contribution in [3.05, 3.63) is 11.6 Å². The molecular formula is C16H28IN7O2. The van der Waals surface area contributed by atoms with Crippen LogP contribution in [0.2, 0.25) is 0 Å². The van der Waals surface area contributed by atoms with Gasteiger partial charge in [0.15, 0.2) is 11.8 Å². The van der Waals surface area contributed by atoms with Gasteiger partial charge in [-0.15, -0.1) is 34.2 Å². The molecule has 2 aliphatic heterocycles. The van der Waals surface area contributed by atoms with Crippen molar-refractivity contribution >= 4 is 36.0 Å². The van der Waals surface area contributed by atoms with E-state index in [9.17, 15) is 4.79 Å². The quantitative estimate of drug-likeness (QED) is 0.397.